The van der Waals surface area contributed by atoms with E-state index in [1.807, 2.05) is 89.2 Å². The van der Waals surface area contributed by atoms with Crippen LogP contribution < -0.4 is 11.1 Å². The van der Waals surface area contributed by atoms with Crippen LogP contribution in [0.25, 0.3) is 10.8 Å². The van der Waals surface area contributed by atoms with Crippen molar-refractivity contribution in [1.82, 2.24) is 5.32 Å². The number of rotatable bonds is 5. The summed E-state index contributed by atoms with van der Waals surface area (Å²) in [6, 6.07) is 13.7. The van der Waals surface area contributed by atoms with Crippen LogP contribution in [0.1, 0.15) is 51.4 Å². The Balaban J connectivity index is 0.000000828. The van der Waals surface area contributed by atoms with Crippen LogP contribution in [0.2, 0.25) is 0 Å². The molecule has 2 rings (SSSR count). The highest BCUT2D eigenvalue weighted by Gasteiger charge is 2.09. The Labute approximate surface area is 162 Å². The smallest absolute Gasteiger partial charge is 0.251 e. The highest BCUT2D eigenvalue weighted by molar-refractivity contribution is 5.98. The van der Waals surface area contributed by atoms with Crippen LogP contribution in [0.4, 0.5) is 0 Å². The number of benzene rings is 2. The van der Waals surface area contributed by atoms with E-state index in [1.54, 1.807) is 6.21 Å². The zero-order chi connectivity index (χ0) is 20.2. The lowest BCUT2D eigenvalue weighted by molar-refractivity contribution is 0.0941. The minimum absolute atomic E-state index is 0.00333. The molecular weight excluding hydrogens is 334 g/mol. The zero-order valence-electron chi connectivity index (χ0n) is 17.0. The van der Waals surface area contributed by atoms with Crippen molar-refractivity contribution >= 4 is 22.9 Å². The maximum atomic E-state index is 12.3. The molecule has 27 heavy (non-hydrogen) atoms. The summed E-state index contributed by atoms with van der Waals surface area (Å²) in [5.74, 6) is -0.0704. The lowest BCUT2D eigenvalue weighted by atomic mass is 10.1. The van der Waals surface area contributed by atoms with Gasteiger partial charge in [0, 0.05) is 29.9 Å². The van der Waals surface area contributed by atoms with Gasteiger partial charge in [-0.25, -0.2) is 0 Å². The molecule has 0 aliphatic heterocycles. The summed E-state index contributed by atoms with van der Waals surface area (Å²) < 4.78 is 0. The van der Waals surface area contributed by atoms with E-state index >= 15 is 0 Å². The number of amides is 1. The van der Waals surface area contributed by atoms with Crippen LogP contribution in [-0.2, 0) is 0 Å². The molecule has 0 aliphatic rings. The van der Waals surface area contributed by atoms with Crippen molar-refractivity contribution in [2.75, 3.05) is 0 Å². The third kappa shape index (κ3) is 7.90. The third-order valence-corrected chi connectivity index (χ3v) is 4.04. The van der Waals surface area contributed by atoms with Crippen molar-refractivity contribution in [2.24, 2.45) is 10.7 Å². The van der Waals surface area contributed by atoms with E-state index in [-0.39, 0.29) is 11.9 Å². The van der Waals surface area contributed by atoms with Crippen molar-refractivity contribution in [3.05, 3.63) is 71.6 Å². The summed E-state index contributed by atoms with van der Waals surface area (Å²) in [7, 11) is 0. The number of hydrogen-bond acceptors (Lipinski definition) is 3. The standard InChI is InChI=1S/C19H23N3O.C4H8/c1-13(10-11-21-15(3)14(2)20)22-19(23)18-9-8-16-6-4-5-7-17(16)12-18;1-3-4-2/h4-9,11-13H,10,20H2,1-3H3,(H,22,23);3-4H,1-2H3/b15-14-,21-11?;4-3+. The number of allylic oxidation sites excluding steroid dienone is 4. The Morgan fingerprint density at radius 3 is 2.33 bits per heavy atom. The molecule has 3 N–H and O–H groups in total. The van der Waals surface area contributed by atoms with Gasteiger partial charge in [0.15, 0.2) is 0 Å². The summed E-state index contributed by atoms with van der Waals surface area (Å²) in [6.07, 6.45) is 6.45. The molecule has 2 aromatic rings. The van der Waals surface area contributed by atoms with Gasteiger partial charge in [-0.2, -0.15) is 0 Å². The average Bonchev–Trinajstić information content (AvgIpc) is 2.67. The fraction of sp³-hybridized carbons (Fsp3) is 0.304. The summed E-state index contributed by atoms with van der Waals surface area (Å²) in [6.45, 7) is 9.64. The molecule has 0 saturated heterocycles. The van der Waals surface area contributed by atoms with E-state index in [9.17, 15) is 4.79 Å². The predicted molar refractivity (Wildman–Crippen MR) is 117 cm³/mol. The van der Waals surface area contributed by atoms with Gasteiger partial charge in [-0.05, 0) is 57.5 Å². The molecule has 0 fully saturated rings. The van der Waals surface area contributed by atoms with Gasteiger partial charge in [-0.15, -0.1) is 0 Å². The first-order valence-electron chi connectivity index (χ1n) is 9.21. The first kappa shape index (κ1) is 22.2. The molecule has 0 aliphatic carbocycles. The second-order valence-corrected chi connectivity index (χ2v) is 6.42. The summed E-state index contributed by atoms with van der Waals surface area (Å²) >= 11 is 0. The Bertz CT molecular complexity index is 826. The fourth-order valence-corrected chi connectivity index (χ4v) is 2.15. The zero-order valence-corrected chi connectivity index (χ0v) is 17.0. The van der Waals surface area contributed by atoms with E-state index in [4.69, 9.17) is 5.73 Å². The molecule has 0 aromatic heterocycles. The molecule has 144 valence electrons. The molecule has 1 amide bonds. The first-order chi connectivity index (χ1) is 12.9. The van der Waals surface area contributed by atoms with Crippen molar-refractivity contribution in [2.45, 2.75) is 47.1 Å². The Hall–Kier alpha value is -2.88. The maximum absolute atomic E-state index is 12.3. The normalized spacial score (nSPS) is 13.2. The summed E-state index contributed by atoms with van der Waals surface area (Å²) in [5.41, 5.74) is 7.83. The molecule has 0 radical (unpaired) electrons. The monoisotopic (exact) mass is 365 g/mol. The SMILES string of the molecule is C/C(N)=C(\C)N=CCC(C)NC(=O)c1ccc2ccccc2c1.C/C=C/C. The van der Waals surface area contributed by atoms with E-state index in [2.05, 4.69) is 10.3 Å². The molecule has 0 spiro atoms. The number of fused-ring (bicyclic) bond motifs is 1. The van der Waals surface area contributed by atoms with Gasteiger partial charge in [-0.1, -0.05) is 42.5 Å². The Kier molecular flexibility index (Phi) is 9.59. The van der Waals surface area contributed by atoms with E-state index < -0.39 is 0 Å². The highest BCUT2D eigenvalue weighted by Crippen LogP contribution is 2.15. The molecule has 0 saturated carbocycles. The van der Waals surface area contributed by atoms with Crippen LogP contribution in [0.15, 0.2) is 71.0 Å². The lowest BCUT2D eigenvalue weighted by Crippen LogP contribution is -2.32. The van der Waals surface area contributed by atoms with Crippen LogP contribution in [0.3, 0.4) is 0 Å². The third-order valence-electron chi connectivity index (χ3n) is 4.04. The van der Waals surface area contributed by atoms with Gasteiger partial charge in [0.1, 0.15) is 0 Å². The first-order valence-corrected chi connectivity index (χ1v) is 9.21. The Morgan fingerprint density at radius 2 is 1.74 bits per heavy atom. The van der Waals surface area contributed by atoms with Gasteiger partial charge in [0.2, 0.25) is 0 Å². The van der Waals surface area contributed by atoms with Gasteiger partial charge in [0.25, 0.3) is 5.91 Å². The average molecular weight is 366 g/mol. The van der Waals surface area contributed by atoms with Crippen molar-refractivity contribution in [1.29, 1.82) is 0 Å². The van der Waals surface area contributed by atoms with Crippen LogP contribution in [-0.4, -0.2) is 18.2 Å². The second-order valence-electron chi connectivity index (χ2n) is 6.42. The van der Waals surface area contributed by atoms with Crippen LogP contribution in [0.5, 0.6) is 0 Å². The van der Waals surface area contributed by atoms with E-state index in [0.29, 0.717) is 17.7 Å². The molecule has 4 heteroatoms. The molecule has 2 aromatic carbocycles. The molecule has 0 heterocycles. The fourth-order valence-electron chi connectivity index (χ4n) is 2.15. The van der Waals surface area contributed by atoms with Crippen LogP contribution >= 0.6 is 0 Å². The molecule has 4 nitrogen and oxygen atoms in total. The minimum atomic E-state index is -0.0704. The topological polar surface area (TPSA) is 67.5 Å². The number of nitrogens with one attached hydrogen (secondary N) is 1. The highest BCUT2D eigenvalue weighted by atomic mass is 16.1. The number of carbonyl (C=O) groups is 1. The Morgan fingerprint density at radius 1 is 1.11 bits per heavy atom. The number of aliphatic imine (C=N–C) groups is 1. The van der Waals surface area contributed by atoms with Gasteiger partial charge in [-0.3, -0.25) is 9.79 Å². The lowest BCUT2D eigenvalue weighted by Gasteiger charge is -2.12. The summed E-state index contributed by atoms with van der Waals surface area (Å²) in [4.78, 5) is 16.6. The number of nitrogens with zero attached hydrogens (tertiary/aromatic N) is 1. The quantitative estimate of drug-likeness (QED) is 0.564. The molecular formula is C23H31N3O. The molecule has 0 bridgehead atoms. The number of hydrogen-bond donors (Lipinski definition) is 2. The number of carbonyl (C=O) groups excluding carboxylic acids is 1. The van der Waals surface area contributed by atoms with Crippen molar-refractivity contribution in [3.8, 4) is 0 Å². The largest absolute Gasteiger partial charge is 0.401 e. The van der Waals surface area contributed by atoms with E-state index in [0.717, 1.165) is 16.5 Å². The van der Waals surface area contributed by atoms with Gasteiger partial charge < -0.3 is 11.1 Å². The molecule has 1 atom stereocenters. The minimum Gasteiger partial charge on any atom is -0.401 e. The van der Waals surface area contributed by atoms with Gasteiger partial charge >= 0.3 is 0 Å². The van der Waals surface area contributed by atoms with E-state index in [1.165, 1.54) is 0 Å². The molecule has 1 unspecified atom stereocenters. The summed E-state index contributed by atoms with van der Waals surface area (Å²) in [5, 5.41) is 5.18. The van der Waals surface area contributed by atoms with Crippen molar-refractivity contribution < 1.29 is 4.79 Å². The van der Waals surface area contributed by atoms with Gasteiger partial charge in [0.05, 0.1) is 5.70 Å². The van der Waals surface area contributed by atoms with Crippen molar-refractivity contribution in [3.63, 3.8) is 0 Å². The number of nitrogens with two attached hydrogens (primary N) is 1. The second kappa shape index (κ2) is 11.7. The van der Waals surface area contributed by atoms with Crippen LogP contribution in [0, 0.1) is 0 Å². The predicted octanol–water partition coefficient (Wildman–Crippen LogP) is 5.21. The maximum Gasteiger partial charge on any atom is 0.251 e.